The van der Waals surface area contributed by atoms with E-state index in [0.29, 0.717) is 11.6 Å². The number of thiazole rings is 1. The molecule has 0 aliphatic carbocycles. The molecular formula is C10H12N4S. The zero-order valence-corrected chi connectivity index (χ0v) is 9.72. The molecule has 5 heteroatoms. The van der Waals surface area contributed by atoms with Crippen LogP contribution in [0, 0.1) is 20.8 Å². The highest BCUT2D eigenvalue weighted by molar-refractivity contribution is 7.13. The summed E-state index contributed by atoms with van der Waals surface area (Å²) in [6.45, 7) is 5.79. The van der Waals surface area contributed by atoms with E-state index in [1.165, 1.54) is 11.3 Å². The number of aryl methyl sites for hydroxylation is 2. The molecule has 0 fully saturated rings. The number of aromatic nitrogens is 3. The maximum atomic E-state index is 5.79. The first-order chi connectivity index (χ1) is 7.08. The summed E-state index contributed by atoms with van der Waals surface area (Å²) in [5.41, 5.74) is 8.62. The van der Waals surface area contributed by atoms with Crippen LogP contribution in [0.1, 0.15) is 17.0 Å². The van der Waals surface area contributed by atoms with Crippen LogP contribution in [0.4, 0.5) is 5.82 Å². The van der Waals surface area contributed by atoms with Gasteiger partial charge in [0.1, 0.15) is 5.82 Å². The zero-order chi connectivity index (χ0) is 11.0. The molecular weight excluding hydrogens is 208 g/mol. The summed E-state index contributed by atoms with van der Waals surface area (Å²) in [5, 5.41) is 2.80. The molecule has 2 N–H and O–H groups in total. The molecule has 0 unspecified atom stereocenters. The van der Waals surface area contributed by atoms with Gasteiger partial charge in [0, 0.05) is 22.3 Å². The molecule has 0 aliphatic heterocycles. The molecule has 0 aromatic carbocycles. The van der Waals surface area contributed by atoms with Crippen molar-refractivity contribution in [2.24, 2.45) is 0 Å². The molecule has 2 rings (SSSR count). The molecule has 15 heavy (non-hydrogen) atoms. The molecule has 78 valence electrons. The van der Waals surface area contributed by atoms with Crippen molar-refractivity contribution in [3.63, 3.8) is 0 Å². The summed E-state index contributed by atoms with van der Waals surface area (Å²) in [4.78, 5) is 12.9. The molecule has 0 spiro atoms. The number of hydrogen-bond donors (Lipinski definition) is 1. The minimum atomic E-state index is 0.533. The van der Waals surface area contributed by atoms with E-state index >= 15 is 0 Å². The molecule has 0 bridgehead atoms. The summed E-state index contributed by atoms with van der Waals surface area (Å²) in [6, 6.07) is 0. The van der Waals surface area contributed by atoms with E-state index in [9.17, 15) is 0 Å². The zero-order valence-electron chi connectivity index (χ0n) is 8.90. The number of nitrogens with two attached hydrogens (primary N) is 1. The van der Waals surface area contributed by atoms with Crippen LogP contribution >= 0.6 is 11.3 Å². The maximum absolute atomic E-state index is 5.79. The molecule has 0 amide bonds. The largest absolute Gasteiger partial charge is 0.383 e. The van der Waals surface area contributed by atoms with Crippen LogP contribution in [-0.2, 0) is 0 Å². The minimum Gasteiger partial charge on any atom is -0.383 e. The van der Waals surface area contributed by atoms with Crippen molar-refractivity contribution in [1.82, 2.24) is 15.0 Å². The molecule has 2 heterocycles. The molecule has 4 nitrogen and oxygen atoms in total. The lowest BCUT2D eigenvalue weighted by atomic mass is 10.2. The van der Waals surface area contributed by atoms with Gasteiger partial charge in [-0.15, -0.1) is 11.3 Å². The molecule has 0 saturated heterocycles. The van der Waals surface area contributed by atoms with Crippen molar-refractivity contribution in [1.29, 1.82) is 0 Å². The van der Waals surface area contributed by atoms with E-state index in [1.807, 2.05) is 26.2 Å². The third-order valence-corrected chi connectivity index (χ3v) is 3.19. The Labute approximate surface area is 92.2 Å². The molecule has 2 aromatic rings. The normalized spacial score (nSPS) is 10.6. The Bertz CT molecular complexity index is 481. The van der Waals surface area contributed by atoms with Gasteiger partial charge in [0.25, 0.3) is 0 Å². The number of nitrogen functional groups attached to an aromatic ring is 1. The van der Waals surface area contributed by atoms with E-state index in [-0.39, 0.29) is 0 Å². The summed E-state index contributed by atoms with van der Waals surface area (Å²) in [6.07, 6.45) is 0. The van der Waals surface area contributed by atoms with Crippen molar-refractivity contribution >= 4 is 17.2 Å². The SMILES string of the molecule is Cc1csc(-c2nc(C)c(C)c(N)n2)n1. The van der Waals surface area contributed by atoms with Crippen LogP contribution in [0.5, 0.6) is 0 Å². The van der Waals surface area contributed by atoms with Gasteiger partial charge in [-0.3, -0.25) is 0 Å². The highest BCUT2D eigenvalue weighted by Gasteiger charge is 2.09. The van der Waals surface area contributed by atoms with Crippen molar-refractivity contribution in [3.05, 3.63) is 22.3 Å². The van der Waals surface area contributed by atoms with Gasteiger partial charge in [-0.25, -0.2) is 15.0 Å². The van der Waals surface area contributed by atoms with Gasteiger partial charge in [-0.2, -0.15) is 0 Å². The summed E-state index contributed by atoms with van der Waals surface area (Å²) >= 11 is 1.53. The second-order valence-electron chi connectivity index (χ2n) is 3.44. The van der Waals surface area contributed by atoms with Crippen molar-refractivity contribution in [3.8, 4) is 10.8 Å². The van der Waals surface area contributed by atoms with Crippen LogP contribution in [0.15, 0.2) is 5.38 Å². The van der Waals surface area contributed by atoms with E-state index < -0.39 is 0 Å². The fourth-order valence-electron chi connectivity index (χ4n) is 1.20. The number of rotatable bonds is 1. The van der Waals surface area contributed by atoms with Crippen molar-refractivity contribution in [2.75, 3.05) is 5.73 Å². The first-order valence-electron chi connectivity index (χ1n) is 4.61. The lowest BCUT2D eigenvalue weighted by molar-refractivity contribution is 1.07. The van der Waals surface area contributed by atoms with Gasteiger partial charge in [-0.1, -0.05) is 0 Å². The Morgan fingerprint density at radius 3 is 2.40 bits per heavy atom. The molecule has 0 radical (unpaired) electrons. The smallest absolute Gasteiger partial charge is 0.190 e. The average Bonchev–Trinajstić information content (AvgIpc) is 2.60. The molecule has 0 aliphatic rings. The van der Waals surface area contributed by atoms with Crippen LogP contribution in [0.2, 0.25) is 0 Å². The number of hydrogen-bond acceptors (Lipinski definition) is 5. The Morgan fingerprint density at radius 1 is 1.13 bits per heavy atom. The predicted molar refractivity (Wildman–Crippen MR) is 61.8 cm³/mol. The van der Waals surface area contributed by atoms with E-state index in [2.05, 4.69) is 15.0 Å². The lowest BCUT2D eigenvalue weighted by Gasteiger charge is -2.04. The van der Waals surface area contributed by atoms with E-state index in [1.54, 1.807) is 0 Å². The maximum Gasteiger partial charge on any atom is 0.190 e. The topological polar surface area (TPSA) is 64.7 Å². The number of nitrogens with zero attached hydrogens (tertiary/aromatic N) is 3. The quantitative estimate of drug-likeness (QED) is 0.799. The van der Waals surface area contributed by atoms with Gasteiger partial charge >= 0.3 is 0 Å². The standard InChI is InChI=1S/C10H12N4S/c1-5-4-15-10(12-5)9-13-7(3)6(2)8(11)14-9/h4H,1-3H3,(H2,11,13,14). The summed E-state index contributed by atoms with van der Waals surface area (Å²) in [7, 11) is 0. The molecule has 0 atom stereocenters. The van der Waals surface area contributed by atoms with Crippen LogP contribution in [0.3, 0.4) is 0 Å². The Kier molecular flexibility index (Phi) is 2.40. The second kappa shape index (κ2) is 3.58. The van der Waals surface area contributed by atoms with Crippen LogP contribution in [0.25, 0.3) is 10.8 Å². The summed E-state index contributed by atoms with van der Waals surface area (Å²) in [5.74, 6) is 1.15. The highest BCUT2D eigenvalue weighted by atomic mass is 32.1. The summed E-state index contributed by atoms with van der Waals surface area (Å²) < 4.78 is 0. The second-order valence-corrected chi connectivity index (χ2v) is 4.30. The highest BCUT2D eigenvalue weighted by Crippen LogP contribution is 2.22. The van der Waals surface area contributed by atoms with Gasteiger partial charge in [-0.05, 0) is 20.8 Å². The third-order valence-electron chi connectivity index (χ3n) is 2.24. The molecule has 0 saturated carbocycles. The molecule has 2 aromatic heterocycles. The lowest BCUT2D eigenvalue weighted by Crippen LogP contribution is -2.01. The third kappa shape index (κ3) is 1.83. The first-order valence-corrected chi connectivity index (χ1v) is 5.49. The van der Waals surface area contributed by atoms with E-state index in [4.69, 9.17) is 5.73 Å². The van der Waals surface area contributed by atoms with Gasteiger partial charge in [0.05, 0.1) is 0 Å². The van der Waals surface area contributed by atoms with Gasteiger partial charge in [0.15, 0.2) is 10.8 Å². The fourth-order valence-corrected chi connectivity index (χ4v) is 1.93. The van der Waals surface area contributed by atoms with Crippen molar-refractivity contribution in [2.45, 2.75) is 20.8 Å². The number of anilines is 1. The predicted octanol–water partition coefficient (Wildman–Crippen LogP) is 2.11. The van der Waals surface area contributed by atoms with Crippen LogP contribution in [-0.4, -0.2) is 15.0 Å². The average molecular weight is 220 g/mol. The van der Waals surface area contributed by atoms with E-state index in [0.717, 1.165) is 22.0 Å². The monoisotopic (exact) mass is 220 g/mol. The van der Waals surface area contributed by atoms with Gasteiger partial charge in [0.2, 0.25) is 0 Å². The Balaban J connectivity index is 2.55. The minimum absolute atomic E-state index is 0.533. The Morgan fingerprint density at radius 2 is 1.87 bits per heavy atom. The van der Waals surface area contributed by atoms with Crippen molar-refractivity contribution < 1.29 is 0 Å². The fraction of sp³-hybridized carbons (Fsp3) is 0.300. The van der Waals surface area contributed by atoms with Gasteiger partial charge < -0.3 is 5.73 Å². The first kappa shape index (κ1) is 10.0. The van der Waals surface area contributed by atoms with Crippen LogP contribution < -0.4 is 5.73 Å². The Hall–Kier alpha value is -1.49.